The number of halogens is 1. The average Bonchev–Trinajstić information content (AvgIpc) is 2.86. The van der Waals surface area contributed by atoms with Crippen molar-refractivity contribution in [3.63, 3.8) is 0 Å². The number of nitrogens with zero attached hydrogens (tertiary/aromatic N) is 1. The summed E-state index contributed by atoms with van der Waals surface area (Å²) in [6, 6.07) is 21.8. The molecule has 0 aromatic heterocycles. The summed E-state index contributed by atoms with van der Waals surface area (Å²) < 4.78 is 17.1. The van der Waals surface area contributed by atoms with Crippen LogP contribution in [0.2, 0.25) is 5.02 Å². The molecular formula is C28H23ClN2O4. The normalized spacial score (nSPS) is 14.7. The summed E-state index contributed by atoms with van der Waals surface area (Å²) >= 11 is 5.88. The molecule has 0 saturated carbocycles. The van der Waals surface area contributed by atoms with Crippen LogP contribution in [-0.4, -0.2) is 12.6 Å². The number of esters is 1. The minimum absolute atomic E-state index is 0.00130. The van der Waals surface area contributed by atoms with Crippen LogP contribution >= 0.6 is 11.6 Å². The van der Waals surface area contributed by atoms with Crippen LogP contribution in [0, 0.1) is 11.3 Å². The molecular weight excluding hydrogens is 464 g/mol. The first-order valence-electron chi connectivity index (χ1n) is 11.1. The van der Waals surface area contributed by atoms with E-state index >= 15 is 0 Å². The van der Waals surface area contributed by atoms with Gasteiger partial charge in [0.15, 0.2) is 0 Å². The monoisotopic (exact) mass is 486 g/mol. The number of nitriles is 1. The summed E-state index contributed by atoms with van der Waals surface area (Å²) in [4.78, 5) is 12.3. The van der Waals surface area contributed by atoms with Crippen molar-refractivity contribution in [2.45, 2.75) is 19.3 Å². The van der Waals surface area contributed by atoms with E-state index in [1.54, 1.807) is 48.5 Å². The molecule has 0 aliphatic carbocycles. The average molecular weight is 487 g/mol. The Kier molecular flexibility index (Phi) is 7.39. The predicted octanol–water partition coefficient (Wildman–Crippen LogP) is 5.97. The zero-order valence-corrected chi connectivity index (χ0v) is 19.8. The number of fused-ring (bicyclic) bond motifs is 1. The second kappa shape index (κ2) is 10.8. The predicted molar refractivity (Wildman–Crippen MR) is 134 cm³/mol. The van der Waals surface area contributed by atoms with Crippen LogP contribution in [0.5, 0.6) is 17.2 Å². The lowest BCUT2D eigenvalue weighted by Gasteiger charge is -2.28. The maximum atomic E-state index is 12.3. The van der Waals surface area contributed by atoms with Gasteiger partial charge in [0.25, 0.3) is 0 Å². The largest absolute Gasteiger partial charge is 0.493 e. The highest BCUT2D eigenvalue weighted by Crippen LogP contribution is 2.45. The van der Waals surface area contributed by atoms with Crippen LogP contribution in [0.25, 0.3) is 6.08 Å². The number of allylic oxidation sites excluding steroid dienone is 1. The lowest BCUT2D eigenvalue weighted by Crippen LogP contribution is -2.21. The molecule has 1 unspecified atom stereocenters. The zero-order chi connectivity index (χ0) is 24.8. The van der Waals surface area contributed by atoms with E-state index < -0.39 is 11.9 Å². The highest BCUT2D eigenvalue weighted by molar-refractivity contribution is 6.30. The highest BCUT2D eigenvalue weighted by Gasteiger charge is 2.32. The molecule has 1 aliphatic rings. The number of carbonyl (C=O) groups excluding carboxylic acids is 1. The van der Waals surface area contributed by atoms with Crippen molar-refractivity contribution in [1.82, 2.24) is 0 Å². The summed E-state index contributed by atoms with van der Waals surface area (Å²) in [5, 5.41) is 10.4. The number of benzene rings is 3. The van der Waals surface area contributed by atoms with E-state index in [9.17, 15) is 10.1 Å². The Balaban J connectivity index is 1.62. The lowest BCUT2D eigenvalue weighted by atomic mass is 9.83. The van der Waals surface area contributed by atoms with E-state index in [1.807, 2.05) is 31.2 Å². The molecule has 0 amide bonds. The summed E-state index contributed by atoms with van der Waals surface area (Å²) in [6.45, 7) is 2.57. The van der Waals surface area contributed by atoms with E-state index in [1.165, 1.54) is 6.08 Å². The molecule has 7 heteroatoms. The number of hydrogen-bond acceptors (Lipinski definition) is 6. The van der Waals surface area contributed by atoms with Crippen molar-refractivity contribution in [2.24, 2.45) is 5.73 Å². The van der Waals surface area contributed by atoms with Crippen molar-refractivity contribution in [3.8, 4) is 23.3 Å². The maximum absolute atomic E-state index is 12.3. The van der Waals surface area contributed by atoms with Gasteiger partial charge in [0, 0.05) is 28.3 Å². The van der Waals surface area contributed by atoms with Crippen molar-refractivity contribution in [3.05, 3.63) is 106 Å². The van der Waals surface area contributed by atoms with Crippen LogP contribution in [0.1, 0.15) is 36.0 Å². The van der Waals surface area contributed by atoms with Gasteiger partial charge in [0.1, 0.15) is 28.9 Å². The maximum Gasteiger partial charge on any atom is 0.336 e. The Morgan fingerprint density at radius 1 is 1.14 bits per heavy atom. The van der Waals surface area contributed by atoms with E-state index in [0.717, 1.165) is 23.1 Å². The number of rotatable bonds is 7. The van der Waals surface area contributed by atoms with Gasteiger partial charge in [-0.05, 0) is 42.3 Å². The van der Waals surface area contributed by atoms with Gasteiger partial charge in [-0.1, -0.05) is 54.9 Å². The Labute approximate surface area is 208 Å². The Hall–Kier alpha value is -4.21. The van der Waals surface area contributed by atoms with Gasteiger partial charge >= 0.3 is 5.97 Å². The molecule has 176 valence electrons. The Bertz CT molecular complexity index is 1340. The van der Waals surface area contributed by atoms with Crippen LogP contribution in [0.4, 0.5) is 0 Å². The fraction of sp³-hybridized carbons (Fsp3) is 0.143. The van der Waals surface area contributed by atoms with Gasteiger partial charge < -0.3 is 19.9 Å². The first-order chi connectivity index (χ1) is 17.0. The number of ether oxygens (including phenoxy) is 3. The van der Waals surface area contributed by atoms with E-state index in [4.69, 9.17) is 31.5 Å². The minimum Gasteiger partial charge on any atom is -0.493 e. The molecule has 1 atom stereocenters. The molecule has 0 spiro atoms. The van der Waals surface area contributed by atoms with Gasteiger partial charge in [-0.15, -0.1) is 0 Å². The molecule has 3 aromatic rings. The molecule has 0 fully saturated rings. The molecule has 0 saturated heterocycles. The molecule has 6 nitrogen and oxygen atoms in total. The zero-order valence-electron chi connectivity index (χ0n) is 19.0. The number of hydrogen-bond donors (Lipinski definition) is 1. The van der Waals surface area contributed by atoms with Crippen molar-refractivity contribution in [2.75, 3.05) is 6.61 Å². The van der Waals surface area contributed by atoms with Crippen molar-refractivity contribution in [1.29, 1.82) is 5.26 Å². The van der Waals surface area contributed by atoms with Crippen molar-refractivity contribution < 1.29 is 19.0 Å². The molecule has 35 heavy (non-hydrogen) atoms. The fourth-order valence-corrected chi connectivity index (χ4v) is 3.90. The van der Waals surface area contributed by atoms with Gasteiger partial charge in [-0.3, -0.25) is 0 Å². The molecule has 3 aromatic carbocycles. The number of para-hydroxylation sites is 1. The topological polar surface area (TPSA) is 94.6 Å². The fourth-order valence-electron chi connectivity index (χ4n) is 3.77. The summed E-state index contributed by atoms with van der Waals surface area (Å²) in [6.07, 6.45) is 3.81. The standard InChI is InChI=1S/C28H23ClN2O4/c1-2-15-33-24-6-4-3-5-21(24)27-22-13-12-20(16-25(22)35-28(31)23(27)17-30)34-26(32)14-9-18-7-10-19(29)11-8-18/h3-14,16,27H,2,15,31H2,1H3/b14-9+. The first kappa shape index (κ1) is 23.9. The van der Waals surface area contributed by atoms with E-state index in [0.29, 0.717) is 28.7 Å². The Morgan fingerprint density at radius 2 is 1.91 bits per heavy atom. The third kappa shape index (κ3) is 5.48. The van der Waals surface area contributed by atoms with Crippen LogP contribution in [0.3, 0.4) is 0 Å². The van der Waals surface area contributed by atoms with Gasteiger partial charge in [-0.25, -0.2) is 4.79 Å². The first-order valence-corrected chi connectivity index (χ1v) is 11.5. The van der Waals surface area contributed by atoms with Gasteiger partial charge in [0.05, 0.1) is 12.5 Å². The minimum atomic E-state index is -0.549. The van der Waals surface area contributed by atoms with Gasteiger partial charge in [-0.2, -0.15) is 5.26 Å². The van der Waals surface area contributed by atoms with E-state index in [2.05, 4.69) is 6.07 Å². The number of nitrogens with two attached hydrogens (primary N) is 1. The summed E-state index contributed by atoms with van der Waals surface area (Å²) in [5.74, 6) is 0.343. The Morgan fingerprint density at radius 3 is 2.66 bits per heavy atom. The number of carbonyl (C=O) groups is 1. The summed E-state index contributed by atoms with van der Waals surface area (Å²) in [5.41, 5.74) is 8.76. The lowest BCUT2D eigenvalue weighted by molar-refractivity contribution is -0.128. The quantitative estimate of drug-likeness (QED) is 0.251. The molecule has 0 radical (unpaired) electrons. The summed E-state index contributed by atoms with van der Waals surface area (Å²) in [7, 11) is 0. The van der Waals surface area contributed by atoms with Gasteiger partial charge in [0.2, 0.25) is 5.88 Å². The third-order valence-corrected chi connectivity index (χ3v) is 5.63. The highest BCUT2D eigenvalue weighted by atomic mass is 35.5. The molecule has 2 N–H and O–H groups in total. The third-order valence-electron chi connectivity index (χ3n) is 5.38. The van der Waals surface area contributed by atoms with E-state index in [-0.39, 0.29) is 11.6 Å². The van der Waals surface area contributed by atoms with Crippen LogP contribution in [-0.2, 0) is 4.79 Å². The van der Waals surface area contributed by atoms with Crippen LogP contribution in [0.15, 0.2) is 84.3 Å². The molecule has 4 rings (SSSR count). The molecule has 1 aliphatic heterocycles. The smallest absolute Gasteiger partial charge is 0.336 e. The second-order valence-electron chi connectivity index (χ2n) is 7.82. The molecule has 1 heterocycles. The second-order valence-corrected chi connectivity index (χ2v) is 8.25. The molecule has 0 bridgehead atoms. The SMILES string of the molecule is CCCOc1ccccc1C1C(C#N)=C(N)Oc2cc(OC(=O)/C=C/c3ccc(Cl)cc3)ccc21. The van der Waals surface area contributed by atoms with Crippen LogP contribution < -0.4 is 19.9 Å². The van der Waals surface area contributed by atoms with Crippen molar-refractivity contribution >= 4 is 23.6 Å².